The number of nitro groups is 2. The molecule has 7 heteroatoms. The Hall–Kier alpha value is -1.69. The Morgan fingerprint density at radius 3 is 2.21 bits per heavy atom. The summed E-state index contributed by atoms with van der Waals surface area (Å²) in [5.41, 5.74) is -0.501. The third-order valence-electron chi connectivity index (χ3n) is 1.71. The minimum Gasteiger partial charge on any atom is -0.258 e. The second-order valence-corrected chi connectivity index (χ2v) is 2.99. The quantitative estimate of drug-likeness (QED) is 0.561. The molecule has 0 bridgehead atoms. The average Bonchev–Trinajstić information content (AvgIpc) is 2.08. The van der Waals surface area contributed by atoms with Crippen molar-refractivity contribution in [2.75, 3.05) is 0 Å². The fourth-order valence-corrected chi connectivity index (χ4v) is 1.15. The van der Waals surface area contributed by atoms with Crippen LogP contribution in [0.1, 0.15) is 5.56 Å². The molecule has 0 aliphatic rings. The maximum absolute atomic E-state index is 10.5. The van der Waals surface area contributed by atoms with Gasteiger partial charge in [0.1, 0.15) is 0 Å². The van der Waals surface area contributed by atoms with E-state index in [9.17, 15) is 20.2 Å². The predicted octanol–water partition coefficient (Wildman–Crippen LogP) is 2.46. The fourth-order valence-electron chi connectivity index (χ4n) is 0.945. The Kier molecular flexibility index (Phi) is 2.66. The molecule has 0 atom stereocenters. The van der Waals surface area contributed by atoms with Crippen molar-refractivity contribution >= 4 is 23.0 Å². The van der Waals surface area contributed by atoms with Crippen LogP contribution in [-0.4, -0.2) is 9.85 Å². The lowest BCUT2D eigenvalue weighted by atomic mass is 10.2. The third kappa shape index (κ3) is 1.80. The Balaban J connectivity index is 3.43. The van der Waals surface area contributed by atoms with Crippen LogP contribution in [0.3, 0.4) is 0 Å². The zero-order chi connectivity index (χ0) is 10.9. The lowest BCUT2D eigenvalue weighted by Crippen LogP contribution is -1.95. The number of hydrogen-bond donors (Lipinski definition) is 0. The van der Waals surface area contributed by atoms with E-state index in [1.807, 2.05) is 0 Å². The van der Waals surface area contributed by atoms with Gasteiger partial charge < -0.3 is 0 Å². The molecule has 0 heterocycles. The van der Waals surface area contributed by atoms with Gasteiger partial charge in [-0.15, -0.1) is 0 Å². The van der Waals surface area contributed by atoms with Gasteiger partial charge in [-0.1, -0.05) is 11.6 Å². The van der Waals surface area contributed by atoms with E-state index in [-0.39, 0.29) is 22.0 Å². The largest absolute Gasteiger partial charge is 0.280 e. The van der Waals surface area contributed by atoms with Gasteiger partial charge in [-0.3, -0.25) is 20.2 Å². The van der Waals surface area contributed by atoms with E-state index < -0.39 is 9.85 Å². The minimum absolute atomic E-state index is 0.0194. The molecule has 0 saturated carbocycles. The molecule has 0 unspecified atom stereocenters. The highest BCUT2D eigenvalue weighted by Crippen LogP contribution is 2.30. The molecule has 0 fully saturated rings. The summed E-state index contributed by atoms with van der Waals surface area (Å²) in [6, 6.07) is 1.98. The van der Waals surface area contributed by atoms with Crippen LogP contribution in [0.25, 0.3) is 0 Å². The number of nitro benzene ring substituents is 2. The molecule has 0 saturated heterocycles. The van der Waals surface area contributed by atoms with E-state index in [0.717, 1.165) is 12.1 Å². The molecule has 6 nitrogen and oxygen atoms in total. The minimum atomic E-state index is -0.724. The van der Waals surface area contributed by atoms with Crippen molar-refractivity contribution in [1.29, 1.82) is 0 Å². The molecule has 74 valence electrons. The van der Waals surface area contributed by atoms with Crippen LogP contribution in [0.2, 0.25) is 5.02 Å². The molecule has 0 N–H and O–H groups in total. The highest BCUT2D eigenvalue weighted by molar-refractivity contribution is 6.31. The van der Waals surface area contributed by atoms with Crippen LogP contribution in [0.15, 0.2) is 12.1 Å². The Labute approximate surface area is 83.4 Å². The van der Waals surface area contributed by atoms with Crippen molar-refractivity contribution < 1.29 is 9.85 Å². The van der Waals surface area contributed by atoms with Gasteiger partial charge in [0.25, 0.3) is 11.4 Å². The number of nitrogens with zero attached hydrogens (tertiary/aromatic N) is 2. The predicted molar refractivity (Wildman–Crippen MR) is 49.5 cm³/mol. The highest BCUT2D eigenvalue weighted by atomic mass is 35.5. The maximum atomic E-state index is 10.5. The summed E-state index contributed by atoms with van der Waals surface area (Å²) in [4.78, 5) is 19.4. The summed E-state index contributed by atoms with van der Waals surface area (Å²) in [6.07, 6.45) is 0. The number of benzene rings is 1. The van der Waals surface area contributed by atoms with Gasteiger partial charge in [-0.05, 0) is 6.92 Å². The lowest BCUT2D eigenvalue weighted by molar-refractivity contribution is -0.394. The summed E-state index contributed by atoms with van der Waals surface area (Å²) in [7, 11) is 0. The van der Waals surface area contributed by atoms with Gasteiger partial charge in [0, 0.05) is 11.6 Å². The van der Waals surface area contributed by atoms with Crippen LogP contribution in [-0.2, 0) is 0 Å². The molecule has 0 aromatic heterocycles. The Morgan fingerprint density at radius 2 is 1.79 bits per heavy atom. The van der Waals surface area contributed by atoms with E-state index in [1.165, 1.54) is 6.92 Å². The lowest BCUT2D eigenvalue weighted by Gasteiger charge is -1.99. The van der Waals surface area contributed by atoms with Crippen molar-refractivity contribution in [3.05, 3.63) is 42.9 Å². The van der Waals surface area contributed by atoms with Crippen molar-refractivity contribution in [1.82, 2.24) is 0 Å². The summed E-state index contributed by atoms with van der Waals surface area (Å²) in [5, 5.41) is 20.9. The molecule has 1 aromatic carbocycles. The van der Waals surface area contributed by atoms with Crippen molar-refractivity contribution in [3.8, 4) is 0 Å². The van der Waals surface area contributed by atoms with Crippen LogP contribution in [0, 0.1) is 27.2 Å². The molecule has 0 amide bonds. The van der Waals surface area contributed by atoms with E-state index in [4.69, 9.17) is 11.6 Å². The van der Waals surface area contributed by atoms with Crippen LogP contribution in [0.5, 0.6) is 0 Å². The molecule has 0 aliphatic heterocycles. The van der Waals surface area contributed by atoms with Gasteiger partial charge in [-0.25, -0.2) is 0 Å². The SMILES string of the molecule is Cc1c(Cl)cc([N+](=O)[O-])cc1[N+](=O)[O-]. The molecule has 14 heavy (non-hydrogen) atoms. The van der Waals surface area contributed by atoms with Gasteiger partial charge in [0.05, 0.1) is 20.9 Å². The molecule has 0 spiro atoms. The number of rotatable bonds is 2. The Morgan fingerprint density at radius 1 is 1.21 bits per heavy atom. The summed E-state index contributed by atoms with van der Waals surface area (Å²) >= 11 is 5.60. The third-order valence-corrected chi connectivity index (χ3v) is 2.10. The second-order valence-electron chi connectivity index (χ2n) is 2.59. The molecule has 0 aliphatic carbocycles. The fraction of sp³-hybridized carbons (Fsp3) is 0.143. The standard InChI is InChI=1S/C7H5ClN2O4/c1-4-6(8)2-5(9(11)12)3-7(4)10(13)14/h2-3H,1H3. The normalized spacial score (nSPS) is 9.86. The van der Waals surface area contributed by atoms with E-state index >= 15 is 0 Å². The van der Waals surface area contributed by atoms with Crippen molar-refractivity contribution in [3.63, 3.8) is 0 Å². The topological polar surface area (TPSA) is 86.3 Å². The molecule has 0 radical (unpaired) electrons. The van der Waals surface area contributed by atoms with Crippen molar-refractivity contribution in [2.45, 2.75) is 6.92 Å². The number of hydrogen-bond acceptors (Lipinski definition) is 4. The zero-order valence-corrected chi connectivity index (χ0v) is 7.82. The van der Waals surface area contributed by atoms with Gasteiger partial charge in [-0.2, -0.15) is 0 Å². The summed E-state index contributed by atoms with van der Waals surface area (Å²) in [5.74, 6) is 0. The first-order valence-electron chi connectivity index (χ1n) is 3.52. The molecule has 1 aromatic rings. The van der Waals surface area contributed by atoms with Crippen LogP contribution < -0.4 is 0 Å². The van der Waals surface area contributed by atoms with E-state index in [2.05, 4.69) is 0 Å². The van der Waals surface area contributed by atoms with Crippen LogP contribution >= 0.6 is 11.6 Å². The summed E-state index contributed by atoms with van der Waals surface area (Å²) in [6.45, 7) is 1.43. The van der Waals surface area contributed by atoms with Gasteiger partial charge in [0.2, 0.25) is 0 Å². The maximum Gasteiger partial charge on any atom is 0.280 e. The van der Waals surface area contributed by atoms with Gasteiger partial charge in [0.15, 0.2) is 0 Å². The van der Waals surface area contributed by atoms with Crippen molar-refractivity contribution in [2.24, 2.45) is 0 Å². The van der Waals surface area contributed by atoms with Crippen LogP contribution in [0.4, 0.5) is 11.4 Å². The van der Waals surface area contributed by atoms with Gasteiger partial charge >= 0.3 is 0 Å². The first kappa shape index (κ1) is 10.4. The first-order chi connectivity index (χ1) is 6.43. The van der Waals surface area contributed by atoms with E-state index in [0.29, 0.717) is 0 Å². The number of halogens is 1. The second kappa shape index (κ2) is 3.59. The molecular weight excluding hydrogens is 212 g/mol. The monoisotopic (exact) mass is 216 g/mol. The number of non-ortho nitro benzene ring substituents is 1. The first-order valence-corrected chi connectivity index (χ1v) is 3.90. The molecular formula is C7H5ClN2O4. The average molecular weight is 217 g/mol. The highest BCUT2D eigenvalue weighted by Gasteiger charge is 2.20. The Bertz CT molecular complexity index is 418. The smallest absolute Gasteiger partial charge is 0.258 e. The van der Waals surface area contributed by atoms with E-state index in [1.54, 1.807) is 0 Å². The summed E-state index contributed by atoms with van der Waals surface area (Å²) < 4.78 is 0. The molecule has 1 rings (SSSR count). The zero-order valence-electron chi connectivity index (χ0n) is 7.06.